The summed E-state index contributed by atoms with van der Waals surface area (Å²) in [6.45, 7) is 6.65. The third kappa shape index (κ3) is 2.66. The van der Waals surface area contributed by atoms with Crippen molar-refractivity contribution < 1.29 is 14.4 Å². The number of unbranched alkanes of at least 4 members (excludes halogenated alkanes) is 1. The third-order valence-corrected chi connectivity index (χ3v) is 6.72. The lowest BCUT2D eigenvalue weighted by atomic mass is 9.76. The number of hydrogen-bond donors (Lipinski definition) is 2. The lowest BCUT2D eigenvalue weighted by molar-refractivity contribution is -0.142. The largest absolute Gasteiger partial charge is 0.324 e. The molecule has 3 aliphatic rings. The molecule has 4 atom stereocenters. The van der Waals surface area contributed by atoms with Gasteiger partial charge in [-0.05, 0) is 37.0 Å². The number of nitrogens with zero attached hydrogens (tertiary/aromatic N) is 1. The van der Waals surface area contributed by atoms with Gasteiger partial charge in [0, 0.05) is 28.3 Å². The Bertz CT molecular complexity index is 855. The molecule has 0 radical (unpaired) electrons. The molecule has 3 aliphatic heterocycles. The SMILES string of the molecule is CCCCN1C(=O)[C@H]2[C@@H](C1=O)[C@@]1(N[C@@H]2CC(C)C)C(=O)Nc2ccc(Br)cc21. The molecule has 2 fully saturated rings. The summed E-state index contributed by atoms with van der Waals surface area (Å²) in [5.74, 6) is -1.44. The molecule has 1 aromatic carbocycles. The van der Waals surface area contributed by atoms with Crippen molar-refractivity contribution in [1.29, 1.82) is 0 Å². The summed E-state index contributed by atoms with van der Waals surface area (Å²) in [6.07, 6.45) is 2.42. The number of halogens is 1. The third-order valence-electron chi connectivity index (χ3n) is 6.23. The van der Waals surface area contributed by atoms with Crippen LogP contribution >= 0.6 is 15.9 Å². The van der Waals surface area contributed by atoms with Gasteiger partial charge in [0.25, 0.3) is 0 Å². The fourth-order valence-corrected chi connectivity index (χ4v) is 5.44. The van der Waals surface area contributed by atoms with Gasteiger partial charge in [0.1, 0.15) is 5.54 Å². The van der Waals surface area contributed by atoms with E-state index in [1.807, 2.05) is 25.1 Å². The highest BCUT2D eigenvalue weighted by atomic mass is 79.9. The van der Waals surface area contributed by atoms with Crippen LogP contribution in [0.15, 0.2) is 22.7 Å². The summed E-state index contributed by atoms with van der Waals surface area (Å²) in [6, 6.07) is 5.39. The highest BCUT2D eigenvalue weighted by Gasteiger charge is 2.70. The van der Waals surface area contributed by atoms with Crippen LogP contribution < -0.4 is 10.6 Å². The summed E-state index contributed by atoms with van der Waals surface area (Å²) >= 11 is 3.49. The molecule has 7 heteroatoms. The number of anilines is 1. The molecular formula is C21H26BrN3O3. The Morgan fingerprint density at radius 3 is 2.64 bits per heavy atom. The van der Waals surface area contributed by atoms with Gasteiger partial charge in [-0.2, -0.15) is 0 Å². The zero-order valence-electron chi connectivity index (χ0n) is 16.4. The fourth-order valence-electron chi connectivity index (χ4n) is 5.08. The van der Waals surface area contributed by atoms with Crippen molar-refractivity contribution in [2.45, 2.75) is 51.6 Å². The lowest BCUT2D eigenvalue weighted by Crippen LogP contribution is -2.53. The van der Waals surface area contributed by atoms with Crippen molar-refractivity contribution in [3.8, 4) is 0 Å². The van der Waals surface area contributed by atoms with E-state index < -0.39 is 17.4 Å². The predicted molar refractivity (Wildman–Crippen MR) is 109 cm³/mol. The van der Waals surface area contributed by atoms with Gasteiger partial charge in [0.15, 0.2) is 0 Å². The molecule has 0 aliphatic carbocycles. The molecule has 28 heavy (non-hydrogen) atoms. The maximum Gasteiger partial charge on any atom is 0.250 e. The van der Waals surface area contributed by atoms with E-state index in [1.54, 1.807) is 0 Å². The molecule has 0 aromatic heterocycles. The van der Waals surface area contributed by atoms with Crippen LogP contribution in [-0.2, 0) is 19.9 Å². The van der Waals surface area contributed by atoms with E-state index in [0.717, 1.165) is 29.3 Å². The Labute approximate surface area is 173 Å². The molecule has 0 saturated carbocycles. The van der Waals surface area contributed by atoms with Gasteiger partial charge in [-0.15, -0.1) is 0 Å². The summed E-state index contributed by atoms with van der Waals surface area (Å²) in [4.78, 5) is 41.3. The number of imide groups is 1. The van der Waals surface area contributed by atoms with E-state index in [9.17, 15) is 14.4 Å². The zero-order valence-corrected chi connectivity index (χ0v) is 18.0. The highest BCUT2D eigenvalue weighted by molar-refractivity contribution is 9.10. The monoisotopic (exact) mass is 447 g/mol. The minimum absolute atomic E-state index is 0.130. The summed E-state index contributed by atoms with van der Waals surface area (Å²) < 4.78 is 0.840. The van der Waals surface area contributed by atoms with E-state index in [0.29, 0.717) is 18.2 Å². The molecule has 3 heterocycles. The molecule has 2 N–H and O–H groups in total. The zero-order chi connectivity index (χ0) is 20.2. The van der Waals surface area contributed by atoms with Crippen molar-refractivity contribution in [2.24, 2.45) is 17.8 Å². The first-order chi connectivity index (χ1) is 13.3. The van der Waals surface area contributed by atoms with Crippen LogP contribution in [0.2, 0.25) is 0 Å². The number of rotatable bonds is 5. The minimum atomic E-state index is -1.18. The molecule has 4 rings (SSSR count). The number of fused-ring (bicyclic) bond motifs is 4. The van der Waals surface area contributed by atoms with Gasteiger partial charge in [-0.3, -0.25) is 24.6 Å². The van der Waals surface area contributed by atoms with E-state index in [2.05, 4.69) is 40.4 Å². The highest BCUT2D eigenvalue weighted by Crippen LogP contribution is 2.54. The smallest absolute Gasteiger partial charge is 0.250 e. The average molecular weight is 448 g/mol. The first-order valence-corrected chi connectivity index (χ1v) is 10.8. The van der Waals surface area contributed by atoms with Gasteiger partial charge < -0.3 is 5.32 Å². The summed E-state index contributed by atoms with van der Waals surface area (Å²) in [5.41, 5.74) is 0.278. The van der Waals surface area contributed by atoms with Crippen LogP contribution in [-0.4, -0.2) is 35.2 Å². The van der Waals surface area contributed by atoms with E-state index in [1.165, 1.54) is 4.90 Å². The lowest BCUT2D eigenvalue weighted by Gasteiger charge is -2.30. The van der Waals surface area contributed by atoms with Crippen LogP contribution in [0.3, 0.4) is 0 Å². The van der Waals surface area contributed by atoms with Crippen molar-refractivity contribution in [3.63, 3.8) is 0 Å². The first-order valence-electron chi connectivity index (χ1n) is 10.1. The molecular weight excluding hydrogens is 422 g/mol. The number of nitrogens with one attached hydrogen (secondary N) is 2. The Balaban J connectivity index is 1.84. The van der Waals surface area contributed by atoms with Gasteiger partial charge in [-0.25, -0.2) is 0 Å². The number of hydrogen-bond acceptors (Lipinski definition) is 4. The van der Waals surface area contributed by atoms with Gasteiger partial charge in [0.05, 0.1) is 11.8 Å². The molecule has 0 bridgehead atoms. The summed E-state index contributed by atoms with van der Waals surface area (Å²) in [7, 11) is 0. The fraction of sp³-hybridized carbons (Fsp3) is 0.571. The molecule has 6 nitrogen and oxygen atoms in total. The number of carbonyl (C=O) groups excluding carboxylic acids is 3. The predicted octanol–water partition coefficient (Wildman–Crippen LogP) is 3.02. The quantitative estimate of drug-likeness (QED) is 0.679. The van der Waals surface area contributed by atoms with Gasteiger partial charge in [-0.1, -0.05) is 43.1 Å². The van der Waals surface area contributed by atoms with Crippen LogP contribution in [0, 0.1) is 17.8 Å². The molecule has 1 aromatic rings. The van der Waals surface area contributed by atoms with Crippen LogP contribution in [0.4, 0.5) is 5.69 Å². The Kier molecular flexibility index (Phi) is 4.86. The van der Waals surface area contributed by atoms with Crippen molar-refractivity contribution in [2.75, 3.05) is 11.9 Å². The van der Waals surface area contributed by atoms with Crippen molar-refractivity contribution in [3.05, 3.63) is 28.2 Å². The standard InChI is InChI=1S/C21H26BrN3O3/c1-4-5-8-25-18(26)16-15(9-11(2)3)24-21(17(16)19(25)27)13-10-12(22)6-7-14(13)23-20(21)28/h6-7,10-11,15-17,24H,4-5,8-9H2,1-3H3,(H,23,28)/t15-,16-,17+,21-/m1/s1. The van der Waals surface area contributed by atoms with Crippen LogP contribution in [0.5, 0.6) is 0 Å². The normalized spacial score (nSPS) is 31.1. The molecule has 1 spiro atoms. The maximum atomic E-state index is 13.4. The van der Waals surface area contributed by atoms with Crippen LogP contribution in [0.25, 0.3) is 0 Å². The second-order valence-corrected chi connectivity index (χ2v) is 9.43. The van der Waals surface area contributed by atoms with Crippen molar-refractivity contribution in [1.82, 2.24) is 10.2 Å². The summed E-state index contributed by atoms with van der Waals surface area (Å²) in [5, 5.41) is 6.40. The van der Waals surface area contributed by atoms with Gasteiger partial charge in [0.2, 0.25) is 17.7 Å². The Hall–Kier alpha value is -1.73. The Morgan fingerprint density at radius 2 is 1.96 bits per heavy atom. The molecule has 3 amide bonds. The minimum Gasteiger partial charge on any atom is -0.324 e. The van der Waals surface area contributed by atoms with E-state index in [4.69, 9.17) is 0 Å². The topological polar surface area (TPSA) is 78.5 Å². The second-order valence-electron chi connectivity index (χ2n) is 8.52. The average Bonchev–Trinajstić information content (AvgIpc) is 3.19. The van der Waals surface area contributed by atoms with E-state index >= 15 is 0 Å². The van der Waals surface area contributed by atoms with Crippen LogP contribution in [0.1, 0.15) is 45.6 Å². The molecule has 0 unspecified atom stereocenters. The maximum absolute atomic E-state index is 13.4. The number of amides is 3. The molecule has 2 saturated heterocycles. The second kappa shape index (κ2) is 6.95. The number of carbonyl (C=O) groups is 3. The van der Waals surface area contributed by atoms with Gasteiger partial charge >= 0.3 is 0 Å². The Morgan fingerprint density at radius 1 is 1.21 bits per heavy atom. The number of likely N-dealkylation sites (tertiary alicyclic amines) is 1. The molecule has 150 valence electrons. The number of benzene rings is 1. The van der Waals surface area contributed by atoms with E-state index in [-0.39, 0.29) is 23.8 Å². The van der Waals surface area contributed by atoms with Crippen molar-refractivity contribution >= 4 is 39.3 Å². The first kappa shape index (κ1) is 19.6.